The summed E-state index contributed by atoms with van der Waals surface area (Å²) in [7, 11) is 3.95. The quantitative estimate of drug-likeness (QED) is 0.773. The number of nitrogens with zero attached hydrogens (tertiary/aromatic N) is 2. The molecule has 0 radical (unpaired) electrons. The average molecular weight is 194 g/mol. The normalized spacial score (nSPS) is 10.5. The summed E-state index contributed by atoms with van der Waals surface area (Å²) in [6.07, 6.45) is 0.772. The summed E-state index contributed by atoms with van der Waals surface area (Å²) >= 11 is 0. The Bertz CT molecular complexity index is 324. The molecular formula is C10H14N2O2. The van der Waals surface area contributed by atoms with Gasteiger partial charge in [0.05, 0.1) is 0 Å². The molecule has 14 heavy (non-hydrogen) atoms. The van der Waals surface area contributed by atoms with Crippen molar-refractivity contribution >= 4 is 5.97 Å². The van der Waals surface area contributed by atoms with E-state index >= 15 is 0 Å². The number of hydrogen-bond donors (Lipinski definition) is 1. The van der Waals surface area contributed by atoms with Crippen molar-refractivity contribution in [1.29, 1.82) is 0 Å². The van der Waals surface area contributed by atoms with Gasteiger partial charge in [-0.3, -0.25) is 0 Å². The van der Waals surface area contributed by atoms with Crippen molar-refractivity contribution in [2.75, 3.05) is 20.6 Å². The zero-order chi connectivity index (χ0) is 10.6. The van der Waals surface area contributed by atoms with E-state index in [1.165, 1.54) is 6.07 Å². The van der Waals surface area contributed by atoms with Crippen LogP contribution in [-0.4, -0.2) is 41.6 Å². The molecule has 0 spiro atoms. The number of likely N-dealkylation sites (N-methyl/N-ethyl adjacent to an activating group) is 1. The monoisotopic (exact) mass is 194 g/mol. The Morgan fingerprint density at radius 1 is 1.50 bits per heavy atom. The van der Waals surface area contributed by atoms with E-state index in [1.54, 1.807) is 6.07 Å². The number of carbonyl (C=O) groups is 1. The lowest BCUT2D eigenvalue weighted by Crippen LogP contribution is -2.16. The number of rotatable bonds is 4. The predicted octanol–water partition coefficient (Wildman–Crippen LogP) is 0.884. The number of pyridine rings is 1. The van der Waals surface area contributed by atoms with Gasteiger partial charge in [-0.1, -0.05) is 6.07 Å². The molecule has 0 fully saturated rings. The van der Waals surface area contributed by atoms with Crippen LogP contribution < -0.4 is 0 Å². The molecule has 0 atom stereocenters. The van der Waals surface area contributed by atoms with Gasteiger partial charge in [0.1, 0.15) is 5.69 Å². The highest BCUT2D eigenvalue weighted by Crippen LogP contribution is 2.00. The van der Waals surface area contributed by atoms with Crippen molar-refractivity contribution in [3.63, 3.8) is 0 Å². The fourth-order valence-corrected chi connectivity index (χ4v) is 1.08. The van der Waals surface area contributed by atoms with Gasteiger partial charge in [-0.2, -0.15) is 0 Å². The highest BCUT2D eigenvalue weighted by molar-refractivity contribution is 5.85. The molecule has 1 aromatic heterocycles. The maximum absolute atomic E-state index is 10.6. The summed E-state index contributed by atoms with van der Waals surface area (Å²) in [5.41, 5.74) is 0.930. The van der Waals surface area contributed by atoms with Crippen LogP contribution in [0.25, 0.3) is 0 Å². The van der Waals surface area contributed by atoms with E-state index in [2.05, 4.69) is 4.98 Å². The Hall–Kier alpha value is -1.42. The summed E-state index contributed by atoms with van der Waals surface area (Å²) in [4.78, 5) is 16.7. The van der Waals surface area contributed by atoms with Crippen molar-refractivity contribution in [2.45, 2.75) is 6.42 Å². The van der Waals surface area contributed by atoms with Crippen LogP contribution >= 0.6 is 0 Å². The van der Waals surface area contributed by atoms with Crippen LogP contribution in [0.3, 0.4) is 0 Å². The second-order valence-corrected chi connectivity index (χ2v) is 3.37. The van der Waals surface area contributed by atoms with Crippen molar-refractivity contribution in [3.05, 3.63) is 29.6 Å². The number of carboxylic acid groups (broad SMARTS) is 1. The summed E-state index contributed by atoms with van der Waals surface area (Å²) in [5, 5.41) is 8.71. The standard InChI is InChI=1S/C10H14N2O2/c1-12(2)7-6-8-4-3-5-9(11-8)10(13)14/h3-5H,6-7H2,1-2H3,(H,13,14). The van der Waals surface area contributed by atoms with Gasteiger partial charge in [-0.05, 0) is 26.2 Å². The van der Waals surface area contributed by atoms with Gasteiger partial charge >= 0.3 is 5.97 Å². The summed E-state index contributed by atoms with van der Waals surface area (Å²) in [6, 6.07) is 5.07. The van der Waals surface area contributed by atoms with Gasteiger partial charge in [-0.25, -0.2) is 9.78 Å². The lowest BCUT2D eigenvalue weighted by Gasteiger charge is -2.08. The topological polar surface area (TPSA) is 53.4 Å². The molecule has 0 aliphatic rings. The average Bonchev–Trinajstić information content (AvgIpc) is 2.15. The molecule has 0 saturated heterocycles. The van der Waals surface area contributed by atoms with Gasteiger partial charge in [0.15, 0.2) is 0 Å². The van der Waals surface area contributed by atoms with Gasteiger partial charge < -0.3 is 10.0 Å². The first-order chi connectivity index (χ1) is 6.59. The minimum Gasteiger partial charge on any atom is -0.477 e. The Balaban J connectivity index is 2.69. The van der Waals surface area contributed by atoms with Gasteiger partial charge in [-0.15, -0.1) is 0 Å². The van der Waals surface area contributed by atoms with Gasteiger partial charge in [0.2, 0.25) is 0 Å². The van der Waals surface area contributed by atoms with Crippen LogP contribution in [0.5, 0.6) is 0 Å². The van der Waals surface area contributed by atoms with Gasteiger partial charge in [0, 0.05) is 18.7 Å². The second kappa shape index (κ2) is 4.72. The number of aromatic nitrogens is 1. The van der Waals surface area contributed by atoms with Crippen molar-refractivity contribution < 1.29 is 9.90 Å². The third kappa shape index (κ3) is 3.14. The first-order valence-electron chi connectivity index (χ1n) is 4.43. The fourth-order valence-electron chi connectivity index (χ4n) is 1.08. The molecule has 0 aliphatic heterocycles. The Kier molecular flexibility index (Phi) is 3.59. The lowest BCUT2D eigenvalue weighted by molar-refractivity contribution is 0.0690. The molecule has 1 rings (SSSR count). The predicted molar refractivity (Wildman–Crippen MR) is 53.5 cm³/mol. The maximum Gasteiger partial charge on any atom is 0.354 e. The van der Waals surface area contributed by atoms with E-state index in [4.69, 9.17) is 5.11 Å². The molecule has 0 amide bonds. The van der Waals surface area contributed by atoms with Gasteiger partial charge in [0.25, 0.3) is 0 Å². The summed E-state index contributed by atoms with van der Waals surface area (Å²) in [6.45, 7) is 0.871. The van der Waals surface area contributed by atoms with Crippen molar-refractivity contribution in [2.24, 2.45) is 0 Å². The van der Waals surface area contributed by atoms with E-state index in [9.17, 15) is 4.79 Å². The molecule has 0 aliphatic carbocycles. The summed E-state index contributed by atoms with van der Waals surface area (Å²) < 4.78 is 0. The Morgan fingerprint density at radius 2 is 2.21 bits per heavy atom. The molecule has 0 unspecified atom stereocenters. The SMILES string of the molecule is CN(C)CCc1cccc(C(=O)O)n1. The van der Waals surface area contributed by atoms with E-state index in [-0.39, 0.29) is 5.69 Å². The molecule has 0 aromatic carbocycles. The minimum atomic E-state index is -0.975. The van der Waals surface area contributed by atoms with Crippen LogP contribution in [0.2, 0.25) is 0 Å². The van der Waals surface area contributed by atoms with E-state index in [0.717, 1.165) is 18.7 Å². The van der Waals surface area contributed by atoms with Crippen LogP contribution in [0, 0.1) is 0 Å². The Morgan fingerprint density at radius 3 is 2.79 bits per heavy atom. The van der Waals surface area contributed by atoms with Crippen LogP contribution in [-0.2, 0) is 6.42 Å². The van der Waals surface area contributed by atoms with Crippen molar-refractivity contribution in [1.82, 2.24) is 9.88 Å². The molecule has 0 saturated carbocycles. The third-order valence-electron chi connectivity index (χ3n) is 1.84. The molecule has 1 aromatic rings. The van der Waals surface area contributed by atoms with Crippen molar-refractivity contribution in [3.8, 4) is 0 Å². The maximum atomic E-state index is 10.6. The zero-order valence-corrected chi connectivity index (χ0v) is 8.40. The smallest absolute Gasteiger partial charge is 0.354 e. The van der Waals surface area contributed by atoms with Crippen LogP contribution in [0.4, 0.5) is 0 Å². The molecule has 76 valence electrons. The zero-order valence-electron chi connectivity index (χ0n) is 8.40. The first-order valence-corrected chi connectivity index (χ1v) is 4.43. The first kappa shape index (κ1) is 10.7. The van der Waals surface area contributed by atoms with Crippen LogP contribution in [0.15, 0.2) is 18.2 Å². The third-order valence-corrected chi connectivity index (χ3v) is 1.84. The molecule has 4 heteroatoms. The molecule has 1 N–H and O–H groups in total. The van der Waals surface area contributed by atoms with E-state index in [0.29, 0.717) is 0 Å². The van der Waals surface area contributed by atoms with Crippen LogP contribution in [0.1, 0.15) is 16.2 Å². The molecule has 1 heterocycles. The molecular weight excluding hydrogens is 180 g/mol. The largest absolute Gasteiger partial charge is 0.477 e. The second-order valence-electron chi connectivity index (χ2n) is 3.37. The fraction of sp³-hybridized carbons (Fsp3) is 0.400. The lowest BCUT2D eigenvalue weighted by atomic mass is 10.2. The number of carboxylic acids is 1. The van der Waals surface area contributed by atoms with E-state index < -0.39 is 5.97 Å². The van der Waals surface area contributed by atoms with E-state index in [1.807, 2.05) is 25.1 Å². The number of hydrogen-bond acceptors (Lipinski definition) is 3. The molecule has 4 nitrogen and oxygen atoms in total. The minimum absolute atomic E-state index is 0.112. The molecule has 0 bridgehead atoms. The summed E-state index contributed by atoms with van der Waals surface area (Å²) in [5.74, 6) is -0.975. The highest BCUT2D eigenvalue weighted by atomic mass is 16.4. The number of aromatic carboxylic acids is 1. The Labute approximate surface area is 83.2 Å². The highest BCUT2D eigenvalue weighted by Gasteiger charge is 2.04.